The lowest BCUT2D eigenvalue weighted by Gasteiger charge is -2.31. The van der Waals surface area contributed by atoms with Crippen molar-refractivity contribution in [3.8, 4) is 17.2 Å². The number of likely N-dealkylation sites (tertiary alicyclic amines) is 1. The first-order valence-electron chi connectivity index (χ1n) is 9.87. The highest BCUT2D eigenvalue weighted by molar-refractivity contribution is 5.81. The third kappa shape index (κ3) is 3.28. The zero-order chi connectivity index (χ0) is 18.9. The molecule has 1 saturated carbocycles. The predicted octanol–water partition coefficient (Wildman–Crippen LogP) is 2.84. The second kappa shape index (κ2) is 7.14. The fourth-order valence-corrected chi connectivity index (χ4v) is 3.81. The van der Waals surface area contributed by atoms with Gasteiger partial charge in [-0.3, -0.25) is 9.78 Å². The van der Waals surface area contributed by atoms with Gasteiger partial charge in [-0.2, -0.15) is 4.68 Å². The van der Waals surface area contributed by atoms with Gasteiger partial charge in [0.05, 0.1) is 0 Å². The molecule has 5 rings (SSSR count). The maximum atomic E-state index is 12.4. The molecule has 1 aliphatic heterocycles. The minimum absolute atomic E-state index is 0.258. The van der Waals surface area contributed by atoms with Gasteiger partial charge in [0.1, 0.15) is 5.82 Å². The number of rotatable bonds is 4. The Labute approximate surface area is 163 Å². The van der Waals surface area contributed by atoms with E-state index in [4.69, 9.17) is 10.1 Å². The maximum Gasteiger partial charge on any atom is 0.225 e. The summed E-state index contributed by atoms with van der Waals surface area (Å²) in [5.74, 6) is 3.24. The Balaban J connectivity index is 1.44. The average molecular weight is 374 g/mol. The van der Waals surface area contributed by atoms with Crippen molar-refractivity contribution in [1.29, 1.82) is 0 Å². The van der Waals surface area contributed by atoms with Gasteiger partial charge in [-0.05, 0) is 49.9 Å². The van der Waals surface area contributed by atoms with E-state index < -0.39 is 0 Å². The van der Waals surface area contributed by atoms with Crippen molar-refractivity contribution in [2.24, 2.45) is 5.92 Å². The smallest absolute Gasteiger partial charge is 0.225 e. The molecule has 0 atom stereocenters. The zero-order valence-corrected chi connectivity index (χ0v) is 15.6. The molecule has 1 saturated heterocycles. The SMILES string of the molecule is O=C(C1CC1)N1CCC(c2nc(-c3ccncc3)nn2-c2ccccn2)CC1. The molecule has 7 nitrogen and oxygen atoms in total. The van der Waals surface area contributed by atoms with Gasteiger partial charge in [0.25, 0.3) is 0 Å². The summed E-state index contributed by atoms with van der Waals surface area (Å²) in [7, 11) is 0. The van der Waals surface area contributed by atoms with Gasteiger partial charge in [0, 0.05) is 49.1 Å². The van der Waals surface area contributed by atoms with Crippen LogP contribution in [0.25, 0.3) is 17.2 Å². The highest BCUT2D eigenvalue weighted by Crippen LogP contribution is 2.35. The number of hydrogen-bond donors (Lipinski definition) is 0. The van der Waals surface area contributed by atoms with Crippen LogP contribution in [0.15, 0.2) is 48.9 Å². The molecule has 1 aliphatic carbocycles. The van der Waals surface area contributed by atoms with E-state index >= 15 is 0 Å². The number of pyridine rings is 2. The van der Waals surface area contributed by atoms with Gasteiger partial charge in [-0.25, -0.2) is 9.97 Å². The van der Waals surface area contributed by atoms with Gasteiger partial charge < -0.3 is 4.90 Å². The van der Waals surface area contributed by atoms with Crippen molar-refractivity contribution in [3.05, 3.63) is 54.7 Å². The summed E-state index contributed by atoms with van der Waals surface area (Å²) < 4.78 is 1.86. The van der Waals surface area contributed by atoms with Crippen molar-refractivity contribution in [2.45, 2.75) is 31.6 Å². The van der Waals surface area contributed by atoms with Gasteiger partial charge in [0.2, 0.25) is 5.91 Å². The topological polar surface area (TPSA) is 76.8 Å². The third-order valence-electron chi connectivity index (χ3n) is 5.54. The normalized spacial score (nSPS) is 17.6. The number of nitrogens with zero attached hydrogens (tertiary/aromatic N) is 6. The first-order chi connectivity index (χ1) is 13.8. The minimum atomic E-state index is 0.258. The van der Waals surface area contributed by atoms with Crippen LogP contribution in [0.2, 0.25) is 0 Å². The van der Waals surface area contributed by atoms with Crippen molar-refractivity contribution in [3.63, 3.8) is 0 Å². The van der Waals surface area contributed by atoms with Crippen molar-refractivity contribution < 1.29 is 4.79 Å². The van der Waals surface area contributed by atoms with Crippen molar-refractivity contribution >= 4 is 5.91 Å². The third-order valence-corrected chi connectivity index (χ3v) is 5.54. The molecular weight excluding hydrogens is 352 g/mol. The minimum Gasteiger partial charge on any atom is -0.342 e. The van der Waals surface area contributed by atoms with Crippen LogP contribution in [-0.2, 0) is 4.79 Å². The van der Waals surface area contributed by atoms with Crippen LogP contribution in [0.4, 0.5) is 0 Å². The van der Waals surface area contributed by atoms with Crippen molar-refractivity contribution in [2.75, 3.05) is 13.1 Å². The lowest BCUT2D eigenvalue weighted by Crippen LogP contribution is -2.39. The van der Waals surface area contributed by atoms with E-state index in [1.165, 1.54) is 0 Å². The summed E-state index contributed by atoms with van der Waals surface area (Å²) in [4.78, 5) is 27.8. The Morgan fingerprint density at radius 3 is 2.43 bits per heavy atom. The molecule has 142 valence electrons. The second-order valence-electron chi connectivity index (χ2n) is 7.50. The van der Waals surface area contributed by atoms with E-state index in [1.807, 2.05) is 39.9 Å². The molecular formula is C21H22N6O. The second-order valence-corrected chi connectivity index (χ2v) is 7.50. The van der Waals surface area contributed by atoms with Gasteiger partial charge in [-0.1, -0.05) is 6.07 Å². The fraction of sp³-hybridized carbons (Fsp3) is 0.381. The van der Waals surface area contributed by atoms with E-state index in [0.717, 1.165) is 56.0 Å². The molecule has 0 bridgehead atoms. The number of amides is 1. The summed E-state index contributed by atoms with van der Waals surface area (Å²) in [6.45, 7) is 1.58. The number of piperidine rings is 1. The predicted molar refractivity (Wildman–Crippen MR) is 104 cm³/mol. The van der Waals surface area contributed by atoms with E-state index in [2.05, 4.69) is 9.97 Å². The quantitative estimate of drug-likeness (QED) is 0.702. The fourth-order valence-electron chi connectivity index (χ4n) is 3.81. The molecule has 7 heteroatoms. The molecule has 0 unspecified atom stereocenters. The molecule has 28 heavy (non-hydrogen) atoms. The molecule has 1 amide bonds. The first-order valence-corrected chi connectivity index (χ1v) is 9.87. The lowest BCUT2D eigenvalue weighted by atomic mass is 9.95. The van der Waals surface area contributed by atoms with Crippen LogP contribution in [0, 0.1) is 5.92 Å². The number of carbonyl (C=O) groups is 1. The molecule has 3 aromatic heterocycles. The van der Waals surface area contributed by atoms with E-state index in [1.54, 1.807) is 18.6 Å². The average Bonchev–Trinajstić information content (AvgIpc) is 3.52. The molecule has 2 aliphatic rings. The number of aromatic nitrogens is 5. The zero-order valence-electron chi connectivity index (χ0n) is 15.6. The number of carbonyl (C=O) groups excluding carboxylic acids is 1. The standard InChI is InChI=1S/C21H22N6O/c28-21(17-4-5-17)26-13-8-16(9-14-26)20-24-19(15-6-11-22-12-7-15)25-27(20)18-3-1-2-10-23-18/h1-3,6-7,10-12,16-17H,4-5,8-9,13-14H2. The van der Waals surface area contributed by atoms with Crippen LogP contribution >= 0.6 is 0 Å². The molecule has 0 radical (unpaired) electrons. The summed E-state index contributed by atoms with van der Waals surface area (Å²) in [6, 6.07) is 9.63. The Hall–Kier alpha value is -3.09. The maximum absolute atomic E-state index is 12.4. The molecule has 2 fully saturated rings. The summed E-state index contributed by atoms with van der Waals surface area (Å²) in [6.07, 6.45) is 9.18. The molecule has 0 N–H and O–H groups in total. The van der Waals surface area contributed by atoms with Crippen molar-refractivity contribution in [1.82, 2.24) is 29.6 Å². The van der Waals surface area contributed by atoms with Gasteiger partial charge in [0.15, 0.2) is 11.6 Å². The van der Waals surface area contributed by atoms with Crippen LogP contribution in [0.1, 0.15) is 37.4 Å². The summed E-state index contributed by atoms with van der Waals surface area (Å²) >= 11 is 0. The molecule has 0 aromatic carbocycles. The summed E-state index contributed by atoms with van der Waals surface area (Å²) in [5, 5.41) is 4.75. The van der Waals surface area contributed by atoms with Crippen LogP contribution < -0.4 is 0 Å². The Kier molecular flexibility index (Phi) is 4.35. The van der Waals surface area contributed by atoms with Gasteiger partial charge in [-0.15, -0.1) is 5.10 Å². The Morgan fingerprint density at radius 1 is 0.964 bits per heavy atom. The van der Waals surface area contributed by atoms with E-state index in [9.17, 15) is 4.79 Å². The first kappa shape index (κ1) is 17.0. The van der Waals surface area contributed by atoms with Crippen LogP contribution in [-0.4, -0.2) is 48.6 Å². The highest BCUT2D eigenvalue weighted by Gasteiger charge is 2.36. The van der Waals surface area contributed by atoms with Crippen LogP contribution in [0.3, 0.4) is 0 Å². The molecule has 3 aromatic rings. The number of hydrogen-bond acceptors (Lipinski definition) is 5. The van der Waals surface area contributed by atoms with Crippen LogP contribution in [0.5, 0.6) is 0 Å². The van der Waals surface area contributed by atoms with E-state index in [-0.39, 0.29) is 11.8 Å². The largest absolute Gasteiger partial charge is 0.342 e. The monoisotopic (exact) mass is 374 g/mol. The molecule has 0 spiro atoms. The summed E-state index contributed by atoms with van der Waals surface area (Å²) in [5.41, 5.74) is 0.937. The van der Waals surface area contributed by atoms with Gasteiger partial charge >= 0.3 is 0 Å². The Bertz CT molecular complexity index is 959. The molecule has 4 heterocycles. The highest BCUT2D eigenvalue weighted by atomic mass is 16.2. The lowest BCUT2D eigenvalue weighted by molar-refractivity contribution is -0.133. The Morgan fingerprint density at radius 2 is 1.75 bits per heavy atom. The van der Waals surface area contributed by atoms with E-state index in [0.29, 0.717) is 11.7 Å².